The average molecular weight is 278 g/mol. The number of amides is 2. The highest BCUT2D eigenvalue weighted by molar-refractivity contribution is 5.75. The number of rotatable bonds is 5. The van der Waals surface area contributed by atoms with Crippen molar-refractivity contribution in [1.29, 1.82) is 0 Å². The molecule has 1 aromatic rings. The Morgan fingerprint density at radius 2 is 2.25 bits per heavy atom. The molecule has 0 fully saturated rings. The van der Waals surface area contributed by atoms with Crippen molar-refractivity contribution in [3.63, 3.8) is 0 Å². The van der Waals surface area contributed by atoms with E-state index in [2.05, 4.69) is 10.6 Å². The molecule has 0 spiro atoms. The van der Waals surface area contributed by atoms with Gasteiger partial charge in [-0.15, -0.1) is 0 Å². The predicted octanol–water partition coefficient (Wildman–Crippen LogP) is 1.37. The van der Waals surface area contributed by atoms with Crippen LogP contribution < -0.4 is 10.6 Å². The maximum absolute atomic E-state index is 12.0. The van der Waals surface area contributed by atoms with E-state index in [9.17, 15) is 9.90 Å². The molecular formula is C15H22N2O3. The molecule has 0 bridgehead atoms. The van der Waals surface area contributed by atoms with Crippen molar-refractivity contribution in [2.24, 2.45) is 0 Å². The highest BCUT2D eigenvalue weighted by Crippen LogP contribution is 2.30. The third-order valence-electron chi connectivity index (χ3n) is 3.69. The Morgan fingerprint density at radius 3 is 2.95 bits per heavy atom. The van der Waals surface area contributed by atoms with Gasteiger partial charge in [0.15, 0.2) is 0 Å². The van der Waals surface area contributed by atoms with Crippen LogP contribution in [0.1, 0.15) is 30.5 Å². The molecule has 2 amide bonds. The lowest BCUT2D eigenvalue weighted by atomic mass is 10.1. The second kappa shape index (κ2) is 6.72. The Kier molecular flexibility index (Phi) is 4.98. The summed E-state index contributed by atoms with van der Waals surface area (Å²) in [7, 11) is 1.61. The first-order valence-corrected chi connectivity index (χ1v) is 6.97. The van der Waals surface area contributed by atoms with Crippen molar-refractivity contribution < 1.29 is 14.6 Å². The molecule has 5 heteroatoms. The second-order valence-corrected chi connectivity index (χ2v) is 5.13. The summed E-state index contributed by atoms with van der Waals surface area (Å²) in [6.45, 7) is 2.47. The Morgan fingerprint density at radius 1 is 1.50 bits per heavy atom. The quantitative estimate of drug-likeness (QED) is 0.762. The van der Waals surface area contributed by atoms with E-state index in [-0.39, 0.29) is 18.1 Å². The predicted molar refractivity (Wildman–Crippen MR) is 76.5 cm³/mol. The number of methoxy groups -OCH3 is 1. The fourth-order valence-electron chi connectivity index (χ4n) is 2.58. The first-order chi connectivity index (χ1) is 9.65. The van der Waals surface area contributed by atoms with Crippen molar-refractivity contribution in [3.8, 4) is 0 Å². The van der Waals surface area contributed by atoms with Crippen LogP contribution in [0.5, 0.6) is 0 Å². The molecule has 1 aromatic carbocycles. The van der Waals surface area contributed by atoms with Crippen LogP contribution in [-0.4, -0.2) is 37.0 Å². The summed E-state index contributed by atoms with van der Waals surface area (Å²) in [5.74, 6) is 0. The van der Waals surface area contributed by atoms with Crippen molar-refractivity contribution in [1.82, 2.24) is 10.6 Å². The Bertz CT molecular complexity index is 464. The van der Waals surface area contributed by atoms with Crippen molar-refractivity contribution >= 4 is 6.03 Å². The molecule has 1 aliphatic rings. The van der Waals surface area contributed by atoms with Crippen LogP contribution >= 0.6 is 0 Å². The molecule has 0 aliphatic heterocycles. The highest BCUT2D eigenvalue weighted by Gasteiger charge is 2.32. The number of carbonyl (C=O) groups is 1. The summed E-state index contributed by atoms with van der Waals surface area (Å²) in [5.41, 5.74) is 2.09. The zero-order valence-electron chi connectivity index (χ0n) is 11.9. The lowest BCUT2D eigenvalue weighted by Gasteiger charge is -2.21. The zero-order chi connectivity index (χ0) is 14.5. The molecule has 3 atom stereocenters. The molecular weight excluding hydrogens is 256 g/mol. The molecule has 5 nitrogen and oxygen atoms in total. The highest BCUT2D eigenvalue weighted by atomic mass is 16.5. The van der Waals surface area contributed by atoms with E-state index in [1.807, 2.05) is 31.2 Å². The van der Waals surface area contributed by atoms with Crippen LogP contribution in [0.25, 0.3) is 0 Å². The molecule has 0 aromatic heterocycles. The molecule has 110 valence electrons. The maximum atomic E-state index is 12.0. The van der Waals surface area contributed by atoms with Gasteiger partial charge in [-0.25, -0.2) is 4.79 Å². The van der Waals surface area contributed by atoms with Gasteiger partial charge in [0.2, 0.25) is 0 Å². The third-order valence-corrected chi connectivity index (χ3v) is 3.69. The van der Waals surface area contributed by atoms with Gasteiger partial charge in [-0.3, -0.25) is 0 Å². The third kappa shape index (κ3) is 3.29. The summed E-state index contributed by atoms with van der Waals surface area (Å²) in [4.78, 5) is 12.0. The molecule has 3 N–H and O–H groups in total. The molecule has 0 saturated carbocycles. The van der Waals surface area contributed by atoms with Crippen LogP contribution in [-0.2, 0) is 11.2 Å². The number of urea groups is 1. The molecule has 1 aliphatic carbocycles. The Balaban J connectivity index is 1.98. The Hall–Kier alpha value is -1.59. The lowest BCUT2D eigenvalue weighted by Crippen LogP contribution is -2.46. The summed E-state index contributed by atoms with van der Waals surface area (Å²) in [6, 6.07) is 7.17. The van der Waals surface area contributed by atoms with Gasteiger partial charge in [0.1, 0.15) is 0 Å². The number of carbonyl (C=O) groups excluding carboxylic acids is 1. The van der Waals surface area contributed by atoms with Gasteiger partial charge >= 0.3 is 6.03 Å². The second-order valence-electron chi connectivity index (χ2n) is 5.13. The smallest absolute Gasteiger partial charge is 0.315 e. The molecule has 0 saturated heterocycles. The fraction of sp³-hybridized carbons (Fsp3) is 0.533. The minimum atomic E-state index is -0.569. The lowest BCUT2D eigenvalue weighted by molar-refractivity contribution is 0.137. The molecule has 20 heavy (non-hydrogen) atoms. The normalized spacial score (nSPS) is 22.1. The fourth-order valence-corrected chi connectivity index (χ4v) is 2.58. The van der Waals surface area contributed by atoms with E-state index >= 15 is 0 Å². The number of nitrogens with one attached hydrogen (secondary N) is 2. The molecule has 2 rings (SSSR count). The van der Waals surface area contributed by atoms with Crippen LogP contribution in [0.15, 0.2) is 24.3 Å². The van der Waals surface area contributed by atoms with E-state index in [0.29, 0.717) is 13.0 Å². The number of benzene rings is 1. The van der Waals surface area contributed by atoms with E-state index < -0.39 is 6.10 Å². The Labute approximate surface area is 119 Å². The summed E-state index contributed by atoms with van der Waals surface area (Å²) < 4.78 is 5.05. The van der Waals surface area contributed by atoms with Gasteiger partial charge in [0.05, 0.1) is 24.8 Å². The zero-order valence-corrected chi connectivity index (χ0v) is 11.9. The maximum Gasteiger partial charge on any atom is 0.315 e. The average Bonchev–Trinajstić information content (AvgIpc) is 2.75. The van der Waals surface area contributed by atoms with E-state index in [1.54, 1.807) is 7.11 Å². The standard InChI is InChI=1S/C15H22N2O3/c1-3-11(9-20-2)16-15(19)17-14-12-7-5-4-6-10(12)8-13(14)18/h4-7,11,13-14,18H,3,8-9H2,1-2H3,(H2,16,17,19). The first kappa shape index (κ1) is 14.8. The van der Waals surface area contributed by atoms with E-state index in [1.165, 1.54) is 0 Å². The van der Waals surface area contributed by atoms with Crippen molar-refractivity contribution in [2.75, 3.05) is 13.7 Å². The number of ether oxygens (including phenoxy) is 1. The van der Waals surface area contributed by atoms with Crippen LogP contribution in [0.4, 0.5) is 4.79 Å². The van der Waals surface area contributed by atoms with E-state index in [0.717, 1.165) is 17.5 Å². The summed E-state index contributed by atoms with van der Waals surface area (Å²) in [6.07, 6.45) is 0.808. The van der Waals surface area contributed by atoms with Gasteiger partial charge in [0.25, 0.3) is 0 Å². The number of hydrogen-bond donors (Lipinski definition) is 3. The van der Waals surface area contributed by atoms with Gasteiger partial charge in [0, 0.05) is 13.5 Å². The number of aliphatic hydroxyl groups is 1. The molecule has 0 radical (unpaired) electrons. The minimum absolute atomic E-state index is 0.0196. The molecule has 3 unspecified atom stereocenters. The number of fused-ring (bicyclic) bond motifs is 1. The minimum Gasteiger partial charge on any atom is -0.390 e. The van der Waals surface area contributed by atoms with Crippen molar-refractivity contribution in [2.45, 2.75) is 38.0 Å². The van der Waals surface area contributed by atoms with Gasteiger partial charge in [-0.2, -0.15) is 0 Å². The van der Waals surface area contributed by atoms with Gasteiger partial charge < -0.3 is 20.5 Å². The van der Waals surface area contributed by atoms with Crippen LogP contribution in [0, 0.1) is 0 Å². The van der Waals surface area contributed by atoms with Crippen molar-refractivity contribution in [3.05, 3.63) is 35.4 Å². The van der Waals surface area contributed by atoms with Crippen LogP contribution in [0.3, 0.4) is 0 Å². The SMILES string of the molecule is CCC(COC)NC(=O)NC1c2ccccc2CC1O. The topological polar surface area (TPSA) is 70.6 Å². The molecule has 0 heterocycles. The first-order valence-electron chi connectivity index (χ1n) is 6.97. The summed E-state index contributed by atoms with van der Waals surface area (Å²) >= 11 is 0. The van der Waals surface area contributed by atoms with E-state index in [4.69, 9.17) is 4.74 Å². The van der Waals surface area contributed by atoms with Gasteiger partial charge in [-0.1, -0.05) is 31.2 Å². The van der Waals surface area contributed by atoms with Gasteiger partial charge in [-0.05, 0) is 17.5 Å². The number of aliphatic hydroxyl groups excluding tert-OH is 1. The number of hydrogen-bond acceptors (Lipinski definition) is 3. The summed E-state index contributed by atoms with van der Waals surface area (Å²) in [5, 5.41) is 15.8. The largest absolute Gasteiger partial charge is 0.390 e. The monoisotopic (exact) mass is 278 g/mol. The van der Waals surface area contributed by atoms with Crippen LogP contribution in [0.2, 0.25) is 0 Å².